The smallest absolute Gasteiger partial charge is 0.242 e. The molecule has 2 aliphatic rings. The van der Waals surface area contributed by atoms with Crippen LogP contribution in [0.2, 0.25) is 0 Å². The number of nitrogens with zero attached hydrogens (tertiary/aromatic N) is 2. The minimum absolute atomic E-state index is 0.0280. The first-order valence-electron chi connectivity index (χ1n) is 11.5. The van der Waals surface area contributed by atoms with E-state index in [1.165, 1.54) is 9.80 Å². The molecule has 8 nitrogen and oxygen atoms in total. The van der Waals surface area contributed by atoms with E-state index in [2.05, 4.69) is 5.32 Å². The third kappa shape index (κ3) is 5.61. The summed E-state index contributed by atoms with van der Waals surface area (Å²) in [4.78, 5) is 54.1. The molecule has 0 spiro atoms. The van der Waals surface area contributed by atoms with Crippen molar-refractivity contribution < 1.29 is 23.9 Å². The monoisotopic (exact) mass is 455 g/mol. The number of ether oxygens (including phenoxy) is 1. The van der Waals surface area contributed by atoms with Gasteiger partial charge in [0.2, 0.25) is 23.6 Å². The van der Waals surface area contributed by atoms with E-state index >= 15 is 0 Å². The number of carbonyl (C=O) groups excluding carboxylic acids is 4. The Bertz CT molecular complexity index is 898. The van der Waals surface area contributed by atoms with E-state index in [-0.39, 0.29) is 61.0 Å². The number of amides is 4. The highest BCUT2D eigenvalue weighted by Crippen LogP contribution is 2.35. The fourth-order valence-corrected chi connectivity index (χ4v) is 4.36. The van der Waals surface area contributed by atoms with Crippen molar-refractivity contribution in [3.8, 4) is 5.75 Å². The van der Waals surface area contributed by atoms with Gasteiger partial charge in [0, 0.05) is 25.6 Å². The van der Waals surface area contributed by atoms with Crippen LogP contribution in [0.1, 0.15) is 45.6 Å². The summed E-state index contributed by atoms with van der Waals surface area (Å²) in [5.74, 6) is -0.872. The molecule has 8 heteroatoms. The van der Waals surface area contributed by atoms with Gasteiger partial charge in [-0.3, -0.25) is 24.1 Å². The molecule has 1 fully saturated rings. The molecule has 0 bridgehead atoms. The molecule has 3 atom stereocenters. The van der Waals surface area contributed by atoms with Crippen molar-refractivity contribution >= 4 is 23.6 Å². The molecule has 0 unspecified atom stereocenters. The van der Waals surface area contributed by atoms with Gasteiger partial charge in [0.15, 0.2) is 0 Å². The average molecular weight is 456 g/mol. The van der Waals surface area contributed by atoms with Gasteiger partial charge < -0.3 is 15.0 Å². The minimum Gasteiger partial charge on any atom is -0.497 e. The molecule has 0 radical (unpaired) electrons. The van der Waals surface area contributed by atoms with Crippen LogP contribution in [0.15, 0.2) is 36.4 Å². The van der Waals surface area contributed by atoms with Crippen LogP contribution < -0.4 is 10.1 Å². The van der Waals surface area contributed by atoms with E-state index in [1.54, 1.807) is 26.2 Å². The Morgan fingerprint density at radius 3 is 2.15 bits per heavy atom. The molecule has 1 aliphatic carbocycles. The van der Waals surface area contributed by atoms with Crippen molar-refractivity contribution in [3.63, 3.8) is 0 Å². The number of rotatable bonds is 9. The van der Waals surface area contributed by atoms with Gasteiger partial charge in [-0.1, -0.05) is 24.3 Å². The number of nitrogens with one attached hydrogen (secondary N) is 1. The molecule has 0 aromatic heterocycles. The molecule has 1 aliphatic heterocycles. The first-order chi connectivity index (χ1) is 15.7. The number of imide groups is 1. The largest absolute Gasteiger partial charge is 0.497 e. The van der Waals surface area contributed by atoms with Crippen molar-refractivity contribution in [2.75, 3.05) is 13.7 Å². The predicted molar refractivity (Wildman–Crippen MR) is 123 cm³/mol. The SMILES string of the molecule is COc1ccc(CN(C(=O)CCN2C(=O)[C@H]3CC=CC[C@H]3C2=O)[C@H](C)C(=O)NC(C)C)cc1. The number of hydrogen-bond acceptors (Lipinski definition) is 5. The number of methoxy groups -OCH3 is 1. The van der Waals surface area contributed by atoms with Crippen molar-refractivity contribution in [1.29, 1.82) is 0 Å². The van der Waals surface area contributed by atoms with Crippen molar-refractivity contribution in [3.05, 3.63) is 42.0 Å². The van der Waals surface area contributed by atoms with Crippen LogP contribution >= 0.6 is 0 Å². The first kappa shape index (κ1) is 24.5. The normalized spacial score (nSPS) is 20.6. The molecule has 3 rings (SSSR count). The third-order valence-electron chi connectivity index (χ3n) is 6.26. The summed E-state index contributed by atoms with van der Waals surface area (Å²) in [6.45, 7) is 5.66. The quantitative estimate of drug-likeness (QED) is 0.455. The van der Waals surface area contributed by atoms with Gasteiger partial charge in [-0.2, -0.15) is 0 Å². The standard InChI is InChI=1S/C25H33N3O5/c1-16(2)26-23(30)17(3)28(15-18-9-11-19(33-4)12-10-18)22(29)13-14-27-24(31)20-7-5-6-8-21(20)25(27)32/h5-6,9-12,16-17,20-21H,7-8,13-15H2,1-4H3,(H,26,30)/t17-,20-,21+/m1/s1. The van der Waals surface area contributed by atoms with Crippen LogP contribution in [0.3, 0.4) is 0 Å². The summed E-state index contributed by atoms with van der Waals surface area (Å²) in [7, 11) is 1.58. The zero-order chi connectivity index (χ0) is 24.1. The maximum atomic E-state index is 13.2. The summed E-state index contributed by atoms with van der Waals surface area (Å²) in [5, 5.41) is 2.85. The fraction of sp³-hybridized carbons (Fsp3) is 0.520. The molecule has 4 amide bonds. The third-order valence-corrected chi connectivity index (χ3v) is 6.26. The summed E-state index contributed by atoms with van der Waals surface area (Å²) in [5.41, 5.74) is 0.846. The van der Waals surface area contributed by atoms with E-state index in [0.717, 1.165) is 5.56 Å². The molecular weight excluding hydrogens is 422 g/mol. The summed E-state index contributed by atoms with van der Waals surface area (Å²) >= 11 is 0. The Balaban J connectivity index is 1.71. The second kappa shape index (κ2) is 10.6. The summed E-state index contributed by atoms with van der Waals surface area (Å²) in [6.07, 6.45) is 4.98. The minimum atomic E-state index is -0.709. The number of fused-ring (bicyclic) bond motifs is 1. The highest BCUT2D eigenvalue weighted by Gasteiger charge is 2.47. The Morgan fingerprint density at radius 1 is 1.06 bits per heavy atom. The summed E-state index contributed by atoms with van der Waals surface area (Å²) in [6, 6.07) is 6.52. The number of carbonyl (C=O) groups is 4. The number of likely N-dealkylation sites (tertiary alicyclic amines) is 1. The van der Waals surface area contributed by atoms with Gasteiger partial charge in [-0.25, -0.2) is 0 Å². The zero-order valence-electron chi connectivity index (χ0n) is 19.7. The summed E-state index contributed by atoms with van der Waals surface area (Å²) < 4.78 is 5.19. The molecule has 1 saturated heterocycles. The van der Waals surface area contributed by atoms with Gasteiger partial charge in [-0.15, -0.1) is 0 Å². The van der Waals surface area contributed by atoms with Gasteiger partial charge in [-0.05, 0) is 51.3 Å². The van der Waals surface area contributed by atoms with Crippen molar-refractivity contribution in [2.45, 2.75) is 58.7 Å². The number of allylic oxidation sites excluding steroid dienone is 2. The first-order valence-corrected chi connectivity index (χ1v) is 11.5. The van der Waals surface area contributed by atoms with Crippen molar-refractivity contribution in [2.24, 2.45) is 11.8 Å². The van der Waals surface area contributed by atoms with E-state index in [9.17, 15) is 19.2 Å². The van der Waals surface area contributed by atoms with E-state index in [1.807, 2.05) is 38.1 Å². The lowest BCUT2D eigenvalue weighted by atomic mass is 9.85. The lowest BCUT2D eigenvalue weighted by molar-refractivity contribution is -0.143. The van der Waals surface area contributed by atoms with Gasteiger partial charge in [0.05, 0.1) is 18.9 Å². The molecule has 1 heterocycles. The van der Waals surface area contributed by atoms with Crippen LogP contribution in [0.5, 0.6) is 5.75 Å². The Hall–Kier alpha value is -3.16. The lowest BCUT2D eigenvalue weighted by Gasteiger charge is -2.30. The van der Waals surface area contributed by atoms with Gasteiger partial charge >= 0.3 is 0 Å². The molecule has 33 heavy (non-hydrogen) atoms. The van der Waals surface area contributed by atoms with E-state index < -0.39 is 6.04 Å². The number of hydrogen-bond donors (Lipinski definition) is 1. The Kier molecular flexibility index (Phi) is 7.89. The zero-order valence-corrected chi connectivity index (χ0v) is 19.7. The molecule has 1 aromatic carbocycles. The molecule has 178 valence electrons. The molecule has 1 aromatic rings. The number of benzene rings is 1. The lowest BCUT2D eigenvalue weighted by Crippen LogP contribution is -2.49. The molecule has 1 N–H and O–H groups in total. The second-order valence-corrected chi connectivity index (χ2v) is 8.94. The predicted octanol–water partition coefficient (Wildman–Crippen LogP) is 2.28. The van der Waals surface area contributed by atoms with Crippen LogP contribution in [0.25, 0.3) is 0 Å². The molecular formula is C25H33N3O5. The fourth-order valence-electron chi connectivity index (χ4n) is 4.36. The maximum Gasteiger partial charge on any atom is 0.242 e. The second-order valence-electron chi connectivity index (χ2n) is 8.94. The maximum absolute atomic E-state index is 13.2. The highest BCUT2D eigenvalue weighted by molar-refractivity contribution is 6.05. The van der Waals surface area contributed by atoms with Gasteiger partial charge in [0.25, 0.3) is 0 Å². The highest BCUT2D eigenvalue weighted by atomic mass is 16.5. The van der Waals surface area contributed by atoms with Crippen molar-refractivity contribution in [1.82, 2.24) is 15.1 Å². The Labute approximate surface area is 194 Å². The van der Waals surface area contributed by atoms with Crippen LogP contribution in [-0.2, 0) is 25.7 Å². The van der Waals surface area contributed by atoms with Crippen LogP contribution in [0, 0.1) is 11.8 Å². The Morgan fingerprint density at radius 2 is 1.64 bits per heavy atom. The average Bonchev–Trinajstić information content (AvgIpc) is 3.05. The van der Waals surface area contributed by atoms with Gasteiger partial charge in [0.1, 0.15) is 11.8 Å². The van der Waals surface area contributed by atoms with E-state index in [0.29, 0.717) is 18.6 Å². The molecule has 0 saturated carbocycles. The topological polar surface area (TPSA) is 96.0 Å². The van der Waals surface area contributed by atoms with Crippen LogP contribution in [0.4, 0.5) is 0 Å². The van der Waals surface area contributed by atoms with Crippen LogP contribution in [-0.4, -0.2) is 59.2 Å². The van der Waals surface area contributed by atoms with E-state index in [4.69, 9.17) is 4.74 Å².